The number of hydrogen-bond acceptors (Lipinski definition) is 1. The van der Waals surface area contributed by atoms with Crippen molar-refractivity contribution in [2.45, 2.75) is 63.4 Å². The average molecular weight is 324 g/mol. The zero-order valence-corrected chi connectivity index (χ0v) is 16.2. The van der Waals surface area contributed by atoms with E-state index >= 15 is 0 Å². The summed E-state index contributed by atoms with van der Waals surface area (Å²) in [6.07, 6.45) is 1.09. The predicted molar refractivity (Wildman–Crippen MR) is 108 cm³/mol. The topological polar surface area (TPSA) is 0 Å². The Morgan fingerprint density at radius 3 is 2.09 bits per heavy atom. The van der Waals surface area contributed by atoms with Crippen molar-refractivity contribution >= 4 is 29.4 Å². The van der Waals surface area contributed by atoms with Crippen LogP contribution in [0.5, 0.6) is 0 Å². The van der Waals surface area contributed by atoms with Gasteiger partial charge in [0.05, 0.1) is 0 Å². The number of rotatable bonds is 5. The standard InChI is InChI=1S/C21H29BS/c1-7-17-10-8-9-11-20(17)22(16(2)3)18-12-14-19(15-13-18)23-21(4,5)6/h8-16H,7H2,1-6H3. The average Bonchev–Trinajstić information content (AvgIpc) is 2.48. The van der Waals surface area contributed by atoms with Crippen LogP contribution in [0.3, 0.4) is 0 Å². The fourth-order valence-corrected chi connectivity index (χ4v) is 4.16. The van der Waals surface area contributed by atoms with E-state index in [2.05, 4.69) is 90.1 Å². The quantitative estimate of drug-likeness (QED) is 0.541. The summed E-state index contributed by atoms with van der Waals surface area (Å²) in [6, 6.07) is 18.1. The summed E-state index contributed by atoms with van der Waals surface area (Å²) in [4.78, 5) is 1.35. The third kappa shape index (κ3) is 4.91. The molecule has 0 aliphatic carbocycles. The molecule has 0 bridgehead atoms. The van der Waals surface area contributed by atoms with Crippen molar-refractivity contribution in [3.63, 3.8) is 0 Å². The molecule has 2 rings (SSSR count). The molecule has 0 saturated heterocycles. The number of thioether (sulfide) groups is 1. The highest BCUT2D eigenvalue weighted by Gasteiger charge is 2.25. The summed E-state index contributed by atoms with van der Waals surface area (Å²) in [5.74, 6) is 0.587. The Labute approximate surface area is 147 Å². The Balaban J connectivity index is 2.35. The molecule has 122 valence electrons. The fourth-order valence-electron chi connectivity index (χ4n) is 3.18. The van der Waals surface area contributed by atoms with E-state index in [-0.39, 0.29) is 4.75 Å². The molecule has 0 saturated carbocycles. The van der Waals surface area contributed by atoms with Gasteiger partial charge in [0.15, 0.2) is 0 Å². The molecule has 0 radical (unpaired) electrons. The Morgan fingerprint density at radius 2 is 1.57 bits per heavy atom. The lowest BCUT2D eigenvalue weighted by molar-refractivity contribution is 0.803. The largest absolute Gasteiger partial charge is 0.212 e. The molecule has 2 heteroatoms. The van der Waals surface area contributed by atoms with Gasteiger partial charge < -0.3 is 0 Å². The van der Waals surface area contributed by atoms with E-state index in [1.165, 1.54) is 21.4 Å². The SMILES string of the molecule is CCc1ccccc1B(c1ccc(SC(C)(C)C)cc1)C(C)C. The molecule has 0 nitrogen and oxygen atoms in total. The van der Waals surface area contributed by atoms with Gasteiger partial charge >= 0.3 is 0 Å². The van der Waals surface area contributed by atoms with Gasteiger partial charge in [-0.2, -0.15) is 0 Å². The maximum absolute atomic E-state index is 2.33. The molecule has 0 heterocycles. The number of hydrogen-bond donors (Lipinski definition) is 0. The van der Waals surface area contributed by atoms with Crippen molar-refractivity contribution in [1.29, 1.82) is 0 Å². The van der Waals surface area contributed by atoms with Gasteiger partial charge in [0.2, 0.25) is 6.71 Å². The molecule has 0 aromatic heterocycles. The second kappa shape index (κ2) is 7.62. The molecule has 0 aliphatic heterocycles. The van der Waals surface area contributed by atoms with E-state index in [9.17, 15) is 0 Å². The van der Waals surface area contributed by atoms with Crippen molar-refractivity contribution in [1.82, 2.24) is 0 Å². The van der Waals surface area contributed by atoms with Gasteiger partial charge in [-0.05, 0) is 18.6 Å². The summed E-state index contributed by atoms with van der Waals surface area (Å²) in [5.41, 5.74) is 4.39. The lowest BCUT2D eigenvalue weighted by atomic mass is 9.33. The Morgan fingerprint density at radius 1 is 0.957 bits per heavy atom. The molecule has 0 amide bonds. The summed E-state index contributed by atoms with van der Waals surface area (Å²) in [5, 5.41) is 0. The van der Waals surface area contributed by atoms with E-state index < -0.39 is 0 Å². The number of aryl methyl sites for hydroxylation is 1. The Kier molecular flexibility index (Phi) is 6.03. The van der Waals surface area contributed by atoms with Crippen LogP contribution in [0, 0.1) is 0 Å². The fraction of sp³-hybridized carbons (Fsp3) is 0.429. The zero-order chi connectivity index (χ0) is 17.0. The van der Waals surface area contributed by atoms with Crippen LogP contribution in [-0.4, -0.2) is 11.5 Å². The molecule has 2 aromatic carbocycles. The minimum absolute atomic E-state index is 0.258. The third-order valence-electron chi connectivity index (χ3n) is 4.10. The normalized spacial score (nSPS) is 11.8. The van der Waals surface area contributed by atoms with Crippen LogP contribution in [0.2, 0.25) is 5.82 Å². The van der Waals surface area contributed by atoms with Crippen molar-refractivity contribution < 1.29 is 0 Å². The van der Waals surface area contributed by atoms with Gasteiger partial charge in [0.1, 0.15) is 0 Å². The van der Waals surface area contributed by atoms with Crippen LogP contribution in [0.25, 0.3) is 0 Å². The van der Waals surface area contributed by atoms with Crippen LogP contribution in [-0.2, 0) is 6.42 Å². The predicted octanol–water partition coefficient (Wildman–Crippen LogP) is 5.16. The maximum atomic E-state index is 2.33. The van der Waals surface area contributed by atoms with Crippen LogP contribution in [0.1, 0.15) is 47.1 Å². The lowest BCUT2D eigenvalue weighted by Gasteiger charge is -2.22. The number of benzene rings is 2. The molecule has 23 heavy (non-hydrogen) atoms. The van der Waals surface area contributed by atoms with Gasteiger partial charge in [-0.25, -0.2) is 0 Å². The van der Waals surface area contributed by atoms with Gasteiger partial charge in [0.25, 0.3) is 0 Å². The Bertz CT molecular complexity index is 623. The molecular weight excluding hydrogens is 295 g/mol. The van der Waals surface area contributed by atoms with Gasteiger partial charge in [0, 0.05) is 9.64 Å². The molecule has 0 aliphatic rings. The van der Waals surface area contributed by atoms with E-state index in [1.807, 2.05) is 11.8 Å². The highest BCUT2D eigenvalue weighted by molar-refractivity contribution is 8.00. The van der Waals surface area contributed by atoms with Crippen LogP contribution in [0.15, 0.2) is 53.4 Å². The summed E-state index contributed by atoms with van der Waals surface area (Å²) < 4.78 is 0.258. The lowest BCUT2D eigenvalue weighted by Crippen LogP contribution is -2.46. The van der Waals surface area contributed by atoms with Gasteiger partial charge in [-0.15, -0.1) is 11.8 Å². The van der Waals surface area contributed by atoms with E-state index in [1.54, 1.807) is 0 Å². The molecule has 0 fully saturated rings. The van der Waals surface area contributed by atoms with Crippen molar-refractivity contribution in [3.05, 3.63) is 54.1 Å². The second-order valence-corrected chi connectivity index (χ2v) is 9.46. The summed E-state index contributed by atoms with van der Waals surface area (Å²) in [6.45, 7) is 14.2. The second-order valence-electron chi connectivity index (χ2n) is 7.56. The van der Waals surface area contributed by atoms with Crippen molar-refractivity contribution in [2.24, 2.45) is 0 Å². The minimum atomic E-state index is 0.258. The molecule has 2 aromatic rings. The van der Waals surface area contributed by atoms with Crippen LogP contribution in [0.4, 0.5) is 0 Å². The van der Waals surface area contributed by atoms with E-state index in [0.29, 0.717) is 12.5 Å². The molecule has 0 atom stereocenters. The van der Waals surface area contributed by atoms with Crippen molar-refractivity contribution in [2.75, 3.05) is 0 Å². The van der Waals surface area contributed by atoms with Gasteiger partial charge in [-0.1, -0.05) is 100 Å². The molecule has 0 spiro atoms. The summed E-state index contributed by atoms with van der Waals surface area (Å²) >= 11 is 1.93. The van der Waals surface area contributed by atoms with Crippen molar-refractivity contribution in [3.8, 4) is 0 Å². The first-order valence-corrected chi connectivity index (χ1v) is 9.50. The first kappa shape index (κ1) is 18.2. The van der Waals surface area contributed by atoms with E-state index in [0.717, 1.165) is 6.42 Å². The smallest absolute Gasteiger partial charge is 0.120 e. The van der Waals surface area contributed by atoms with E-state index in [4.69, 9.17) is 0 Å². The zero-order valence-electron chi connectivity index (χ0n) is 15.4. The summed E-state index contributed by atoms with van der Waals surface area (Å²) in [7, 11) is 0. The monoisotopic (exact) mass is 324 g/mol. The Hall–Kier alpha value is -1.15. The van der Waals surface area contributed by atoms with Crippen LogP contribution < -0.4 is 10.9 Å². The first-order chi connectivity index (χ1) is 10.8. The first-order valence-electron chi connectivity index (χ1n) is 8.68. The molecular formula is C21H29BS. The molecule has 0 unspecified atom stereocenters. The molecule has 0 N–H and O–H groups in total. The van der Waals surface area contributed by atoms with Gasteiger partial charge in [-0.3, -0.25) is 0 Å². The van der Waals surface area contributed by atoms with Crippen LogP contribution >= 0.6 is 11.8 Å². The highest BCUT2D eigenvalue weighted by atomic mass is 32.2. The highest BCUT2D eigenvalue weighted by Crippen LogP contribution is 2.31. The minimum Gasteiger partial charge on any atom is -0.120 e. The third-order valence-corrected chi connectivity index (χ3v) is 5.22. The maximum Gasteiger partial charge on any atom is 0.212 e.